The summed E-state index contributed by atoms with van der Waals surface area (Å²) in [5.41, 5.74) is 2.30. The van der Waals surface area contributed by atoms with Gasteiger partial charge < -0.3 is 4.84 Å². The summed E-state index contributed by atoms with van der Waals surface area (Å²) < 4.78 is 0. The van der Waals surface area contributed by atoms with Crippen molar-refractivity contribution in [3.63, 3.8) is 0 Å². The van der Waals surface area contributed by atoms with E-state index in [2.05, 4.69) is 10.1 Å². The molecule has 0 saturated carbocycles. The lowest BCUT2D eigenvalue weighted by Gasteiger charge is -2.02. The van der Waals surface area contributed by atoms with Gasteiger partial charge in [0.15, 0.2) is 0 Å². The Kier molecular flexibility index (Phi) is 3.16. The van der Waals surface area contributed by atoms with Gasteiger partial charge in [0.2, 0.25) is 0 Å². The van der Waals surface area contributed by atoms with E-state index in [0.717, 1.165) is 21.3 Å². The Balaban J connectivity index is 1.84. The monoisotopic (exact) mass is 319 g/mol. The van der Waals surface area contributed by atoms with E-state index in [1.54, 1.807) is 30.3 Å². The van der Waals surface area contributed by atoms with Gasteiger partial charge in [-0.25, -0.2) is 4.79 Å². The first-order valence-electron chi connectivity index (χ1n) is 7.42. The number of para-hydroxylation sites is 1. The molecule has 0 unspecified atom stereocenters. The molecule has 6 heteroatoms. The fourth-order valence-corrected chi connectivity index (χ4v) is 2.69. The minimum Gasteiger partial charge on any atom is -0.312 e. The molecule has 0 radical (unpaired) electrons. The number of carbonyl (C=O) groups is 1. The van der Waals surface area contributed by atoms with Gasteiger partial charge in [0.25, 0.3) is 0 Å². The van der Waals surface area contributed by atoms with Crippen LogP contribution in [0.5, 0.6) is 0 Å². The first-order chi connectivity index (χ1) is 11.6. The van der Waals surface area contributed by atoms with Gasteiger partial charge in [-0.2, -0.15) is 0 Å². The summed E-state index contributed by atoms with van der Waals surface area (Å²) in [5.74, 6) is -0.613. The van der Waals surface area contributed by atoms with Gasteiger partial charge >= 0.3 is 11.5 Å². The topological polar surface area (TPSA) is 77.0 Å². The van der Waals surface area contributed by atoms with Crippen molar-refractivity contribution in [1.82, 2.24) is 14.9 Å². The van der Waals surface area contributed by atoms with Crippen LogP contribution in [0.4, 0.5) is 0 Å². The number of pyridine rings is 1. The van der Waals surface area contributed by atoms with Gasteiger partial charge in [-0.15, -0.1) is 0 Å². The van der Waals surface area contributed by atoms with Gasteiger partial charge in [0.05, 0.1) is 22.0 Å². The number of rotatable bonds is 2. The molecule has 118 valence electrons. The molecule has 4 rings (SSSR count). The number of hydrogen-bond donors (Lipinski definition) is 1. The fourth-order valence-electron chi connectivity index (χ4n) is 2.69. The van der Waals surface area contributed by atoms with Crippen molar-refractivity contribution in [3.8, 4) is 0 Å². The highest BCUT2D eigenvalue weighted by Crippen LogP contribution is 2.22. The molecule has 24 heavy (non-hydrogen) atoms. The molecule has 0 spiro atoms. The predicted octanol–water partition coefficient (Wildman–Crippen LogP) is 2.46. The molecule has 2 aromatic carbocycles. The SMILES string of the molecule is Cc1cccc2c1ncc1c(=O)n(OC(=O)c3ccccc3)[nH]c12. The molecule has 2 heterocycles. The first kappa shape index (κ1) is 14.2. The third-order valence-corrected chi connectivity index (χ3v) is 3.91. The number of hydrogen-bond acceptors (Lipinski definition) is 4. The van der Waals surface area contributed by atoms with E-state index in [-0.39, 0.29) is 0 Å². The van der Waals surface area contributed by atoms with E-state index >= 15 is 0 Å². The summed E-state index contributed by atoms with van der Waals surface area (Å²) in [6.07, 6.45) is 1.50. The van der Waals surface area contributed by atoms with Crippen molar-refractivity contribution in [2.75, 3.05) is 0 Å². The average Bonchev–Trinajstić information content (AvgIpc) is 2.92. The van der Waals surface area contributed by atoms with Crippen LogP contribution in [-0.4, -0.2) is 20.9 Å². The number of H-pyrrole nitrogens is 1. The molecule has 0 aliphatic rings. The summed E-state index contributed by atoms with van der Waals surface area (Å²) in [6.45, 7) is 1.95. The highest BCUT2D eigenvalue weighted by atomic mass is 16.7. The van der Waals surface area contributed by atoms with Gasteiger partial charge in [-0.05, 0) is 24.6 Å². The molecule has 1 N–H and O–H groups in total. The number of aryl methyl sites for hydroxylation is 1. The summed E-state index contributed by atoms with van der Waals surface area (Å²) in [6, 6.07) is 14.2. The molecule has 6 nitrogen and oxygen atoms in total. The zero-order chi connectivity index (χ0) is 16.7. The smallest absolute Gasteiger partial charge is 0.312 e. The molecule has 0 bridgehead atoms. The number of carbonyl (C=O) groups excluding carboxylic acids is 1. The maximum absolute atomic E-state index is 12.4. The Morgan fingerprint density at radius 1 is 1.08 bits per heavy atom. The largest absolute Gasteiger partial charge is 0.365 e. The third kappa shape index (κ3) is 2.16. The summed E-state index contributed by atoms with van der Waals surface area (Å²) >= 11 is 0. The van der Waals surface area contributed by atoms with Crippen LogP contribution in [-0.2, 0) is 0 Å². The van der Waals surface area contributed by atoms with E-state index < -0.39 is 11.5 Å². The van der Waals surface area contributed by atoms with Gasteiger partial charge in [0.1, 0.15) is 0 Å². The maximum atomic E-state index is 12.4. The Labute approximate surface area is 136 Å². The number of nitrogens with zero attached hydrogens (tertiary/aromatic N) is 2. The van der Waals surface area contributed by atoms with Crippen LogP contribution in [0.2, 0.25) is 0 Å². The molecule has 0 aliphatic heterocycles. The normalized spacial score (nSPS) is 11.0. The Hall–Kier alpha value is -3.41. The first-order valence-corrected chi connectivity index (χ1v) is 7.42. The number of aromatic amines is 1. The lowest BCUT2D eigenvalue weighted by molar-refractivity contribution is 0.0380. The van der Waals surface area contributed by atoms with Crippen LogP contribution < -0.4 is 10.4 Å². The maximum Gasteiger partial charge on any atom is 0.365 e. The van der Waals surface area contributed by atoms with Crippen molar-refractivity contribution in [1.29, 1.82) is 0 Å². The van der Waals surface area contributed by atoms with Gasteiger partial charge in [0, 0.05) is 11.6 Å². The molecule has 0 amide bonds. The van der Waals surface area contributed by atoms with Crippen LogP contribution >= 0.6 is 0 Å². The van der Waals surface area contributed by atoms with Crippen molar-refractivity contribution >= 4 is 27.8 Å². The predicted molar refractivity (Wildman–Crippen MR) is 89.9 cm³/mol. The van der Waals surface area contributed by atoms with E-state index in [1.807, 2.05) is 25.1 Å². The van der Waals surface area contributed by atoms with Crippen molar-refractivity contribution in [2.45, 2.75) is 6.92 Å². The molecule has 4 aromatic rings. The zero-order valence-corrected chi connectivity index (χ0v) is 12.8. The highest BCUT2D eigenvalue weighted by molar-refractivity contribution is 6.03. The number of nitrogens with one attached hydrogen (secondary N) is 1. The zero-order valence-electron chi connectivity index (χ0n) is 12.8. The molecule has 0 atom stereocenters. The van der Waals surface area contributed by atoms with E-state index in [9.17, 15) is 9.59 Å². The number of fused-ring (bicyclic) bond motifs is 3. The van der Waals surface area contributed by atoms with E-state index in [4.69, 9.17) is 4.84 Å². The van der Waals surface area contributed by atoms with Crippen molar-refractivity contribution in [2.24, 2.45) is 0 Å². The van der Waals surface area contributed by atoms with Crippen LogP contribution in [0, 0.1) is 6.92 Å². The minimum atomic E-state index is -0.613. The molecule has 2 aromatic heterocycles. The van der Waals surface area contributed by atoms with Crippen molar-refractivity contribution in [3.05, 3.63) is 76.2 Å². The number of benzene rings is 2. The Morgan fingerprint density at radius 3 is 2.67 bits per heavy atom. The fraction of sp³-hybridized carbons (Fsp3) is 0.0556. The summed E-state index contributed by atoms with van der Waals surface area (Å²) in [7, 11) is 0. The second-order valence-corrected chi connectivity index (χ2v) is 5.47. The minimum absolute atomic E-state index is 0.363. The quantitative estimate of drug-likeness (QED) is 0.616. The van der Waals surface area contributed by atoms with Crippen LogP contribution in [0.1, 0.15) is 15.9 Å². The lowest BCUT2D eigenvalue weighted by atomic mass is 10.1. The lowest BCUT2D eigenvalue weighted by Crippen LogP contribution is -2.29. The second-order valence-electron chi connectivity index (χ2n) is 5.47. The molecular formula is C18H13N3O3. The number of aromatic nitrogens is 3. The highest BCUT2D eigenvalue weighted by Gasteiger charge is 2.15. The molecule has 0 fully saturated rings. The van der Waals surface area contributed by atoms with E-state index in [1.165, 1.54) is 6.20 Å². The molecular weight excluding hydrogens is 306 g/mol. The average molecular weight is 319 g/mol. The molecule has 0 saturated heterocycles. The van der Waals surface area contributed by atoms with E-state index in [0.29, 0.717) is 16.5 Å². The van der Waals surface area contributed by atoms with Gasteiger partial charge in [-0.3, -0.25) is 14.9 Å². The summed E-state index contributed by atoms with van der Waals surface area (Å²) in [5, 5.41) is 4.03. The standard InChI is InChI=1S/C18H13N3O3/c1-11-6-5-9-13-15(11)19-10-14-16(13)20-21(17(14)22)24-18(23)12-7-3-2-4-8-12/h2-10,20H,1H3. The van der Waals surface area contributed by atoms with Crippen molar-refractivity contribution < 1.29 is 9.63 Å². The Morgan fingerprint density at radius 2 is 1.88 bits per heavy atom. The Bertz CT molecular complexity index is 1130. The molecule has 0 aliphatic carbocycles. The third-order valence-electron chi connectivity index (χ3n) is 3.91. The second kappa shape index (κ2) is 5.34. The van der Waals surface area contributed by atoms with Crippen LogP contribution in [0.3, 0.4) is 0 Å². The van der Waals surface area contributed by atoms with Crippen LogP contribution in [0.15, 0.2) is 59.5 Å². The summed E-state index contributed by atoms with van der Waals surface area (Å²) in [4.78, 5) is 35.0. The van der Waals surface area contributed by atoms with Crippen LogP contribution in [0.25, 0.3) is 21.8 Å². The van der Waals surface area contributed by atoms with Gasteiger partial charge in [-0.1, -0.05) is 41.2 Å².